The maximum Gasteiger partial charge on any atom is 0.327 e. The predicted octanol–water partition coefficient (Wildman–Crippen LogP) is -0.576. The molecule has 0 aliphatic carbocycles. The molecule has 0 unspecified atom stereocenters. The van der Waals surface area contributed by atoms with Gasteiger partial charge in [-0.1, -0.05) is 12.1 Å². The van der Waals surface area contributed by atoms with Crippen molar-refractivity contribution in [2.24, 2.45) is 10.2 Å². The highest BCUT2D eigenvalue weighted by Crippen LogP contribution is 2.18. The van der Waals surface area contributed by atoms with E-state index in [4.69, 9.17) is 5.73 Å². The van der Waals surface area contributed by atoms with Gasteiger partial charge in [-0.3, -0.25) is 14.8 Å². The second kappa shape index (κ2) is 5.18. The van der Waals surface area contributed by atoms with Crippen molar-refractivity contribution in [3.05, 3.63) is 50.7 Å². The molecule has 4 N–H and O–H groups in total. The summed E-state index contributed by atoms with van der Waals surface area (Å²) in [5.74, 6) is -1.52. The van der Waals surface area contributed by atoms with E-state index >= 15 is 0 Å². The number of nitrogens with two attached hydrogens (primary N) is 1. The minimum absolute atomic E-state index is 0.00893. The van der Waals surface area contributed by atoms with Gasteiger partial charge in [0, 0.05) is 0 Å². The van der Waals surface area contributed by atoms with Gasteiger partial charge in [0.15, 0.2) is 5.69 Å². The van der Waals surface area contributed by atoms with Crippen LogP contribution in [-0.4, -0.2) is 15.9 Å². The van der Waals surface area contributed by atoms with Gasteiger partial charge >= 0.3 is 5.69 Å². The molecule has 0 aliphatic heterocycles. The molecule has 9 heteroatoms. The van der Waals surface area contributed by atoms with Crippen LogP contribution in [0.5, 0.6) is 0 Å². The Morgan fingerprint density at radius 3 is 2.30 bits per heavy atom. The Hall–Kier alpha value is -3.23. The second-order valence-corrected chi connectivity index (χ2v) is 3.70. The van der Waals surface area contributed by atoms with Crippen molar-refractivity contribution in [1.82, 2.24) is 9.97 Å². The Kier molecular flexibility index (Phi) is 3.42. The molecule has 0 radical (unpaired) electrons. The number of carbonyl (C=O) groups excluding carboxylic acids is 1. The van der Waals surface area contributed by atoms with Crippen LogP contribution in [0.4, 0.5) is 17.2 Å². The first-order valence-corrected chi connectivity index (χ1v) is 5.32. The number of carbonyl (C=O) groups is 1. The zero-order valence-corrected chi connectivity index (χ0v) is 9.91. The summed E-state index contributed by atoms with van der Waals surface area (Å²) in [6, 6.07) is 5.32. The Bertz CT molecular complexity index is 788. The second-order valence-electron chi connectivity index (χ2n) is 3.70. The molecular weight excluding hydrogens is 266 g/mol. The molecule has 1 aromatic heterocycles. The number of carboxylic acids is 1. The molecule has 0 atom stereocenters. The standard InChI is InChI=1S/C11H9N5O4/c12-8-7(9(17)14-11(20)13-8)16-15-6-3-1-5(2-4-6)10(18)19/h1-4H,(H,18,19)(H4,12,13,14,17,20)/p-1. The first-order chi connectivity index (χ1) is 9.47. The quantitative estimate of drug-likeness (QED) is 0.638. The molecule has 0 saturated carbocycles. The summed E-state index contributed by atoms with van der Waals surface area (Å²) in [6.07, 6.45) is 0. The first kappa shape index (κ1) is 13.2. The van der Waals surface area contributed by atoms with Crippen LogP contribution in [0.25, 0.3) is 0 Å². The number of benzene rings is 1. The Balaban J connectivity index is 2.32. The van der Waals surface area contributed by atoms with E-state index in [1.807, 2.05) is 4.98 Å². The van der Waals surface area contributed by atoms with Crippen molar-refractivity contribution < 1.29 is 9.90 Å². The van der Waals surface area contributed by atoms with E-state index in [1.54, 1.807) is 0 Å². The molecule has 1 aromatic carbocycles. The molecule has 2 rings (SSSR count). The molecule has 102 valence electrons. The number of carboxylic acid groups (broad SMARTS) is 1. The van der Waals surface area contributed by atoms with E-state index in [-0.39, 0.29) is 17.1 Å². The number of azo groups is 1. The van der Waals surface area contributed by atoms with Crippen LogP contribution >= 0.6 is 0 Å². The number of H-pyrrole nitrogens is 2. The predicted molar refractivity (Wildman–Crippen MR) is 67.0 cm³/mol. The van der Waals surface area contributed by atoms with Gasteiger partial charge < -0.3 is 15.6 Å². The van der Waals surface area contributed by atoms with Crippen LogP contribution in [-0.2, 0) is 0 Å². The van der Waals surface area contributed by atoms with Gasteiger partial charge in [-0.05, 0) is 17.7 Å². The SMILES string of the molecule is Nc1[nH]c(=O)[nH]c(=O)c1N=Nc1ccc(C(=O)[O-])cc1. The zero-order valence-electron chi connectivity index (χ0n) is 9.91. The van der Waals surface area contributed by atoms with Crippen molar-refractivity contribution in [1.29, 1.82) is 0 Å². The highest BCUT2D eigenvalue weighted by Gasteiger charge is 2.05. The van der Waals surface area contributed by atoms with Crippen LogP contribution in [0.2, 0.25) is 0 Å². The average Bonchev–Trinajstić information content (AvgIpc) is 2.38. The maximum absolute atomic E-state index is 11.4. The van der Waals surface area contributed by atoms with Crippen molar-refractivity contribution in [2.75, 3.05) is 5.73 Å². The van der Waals surface area contributed by atoms with Gasteiger partial charge in [0.2, 0.25) is 0 Å². The monoisotopic (exact) mass is 274 g/mol. The van der Waals surface area contributed by atoms with Crippen molar-refractivity contribution in [2.45, 2.75) is 0 Å². The molecule has 1 heterocycles. The number of aromatic carboxylic acids is 1. The number of hydrogen-bond acceptors (Lipinski definition) is 7. The van der Waals surface area contributed by atoms with Crippen LogP contribution in [0.3, 0.4) is 0 Å². The molecule has 0 aliphatic rings. The third-order valence-corrected chi connectivity index (χ3v) is 2.31. The van der Waals surface area contributed by atoms with E-state index in [0.717, 1.165) is 0 Å². The molecule has 0 spiro atoms. The largest absolute Gasteiger partial charge is 0.545 e. The van der Waals surface area contributed by atoms with Crippen LogP contribution in [0.1, 0.15) is 10.4 Å². The lowest BCUT2D eigenvalue weighted by Crippen LogP contribution is -2.23. The molecule has 0 bridgehead atoms. The smallest absolute Gasteiger partial charge is 0.327 e. The molecule has 0 amide bonds. The fourth-order valence-electron chi connectivity index (χ4n) is 1.37. The van der Waals surface area contributed by atoms with Crippen LogP contribution in [0, 0.1) is 0 Å². The third kappa shape index (κ3) is 2.77. The van der Waals surface area contributed by atoms with Gasteiger partial charge in [-0.2, -0.15) is 5.11 Å². The number of aromatic amines is 2. The molecular formula is C11H8N5O4-. The number of nitrogens with one attached hydrogen (secondary N) is 2. The number of nitrogens with zero attached hydrogens (tertiary/aromatic N) is 2. The Morgan fingerprint density at radius 2 is 1.75 bits per heavy atom. The maximum atomic E-state index is 11.4. The topological polar surface area (TPSA) is 157 Å². The number of nitrogen functional groups attached to an aromatic ring is 1. The van der Waals surface area contributed by atoms with Gasteiger partial charge in [0.05, 0.1) is 11.7 Å². The lowest BCUT2D eigenvalue weighted by molar-refractivity contribution is -0.255. The first-order valence-electron chi connectivity index (χ1n) is 5.32. The zero-order chi connectivity index (χ0) is 14.7. The van der Waals surface area contributed by atoms with E-state index in [0.29, 0.717) is 5.69 Å². The third-order valence-electron chi connectivity index (χ3n) is 2.31. The van der Waals surface area contributed by atoms with Crippen LogP contribution < -0.4 is 22.1 Å². The van der Waals surface area contributed by atoms with Gasteiger partial charge in [-0.15, -0.1) is 5.11 Å². The Labute approximate surface area is 110 Å². The summed E-state index contributed by atoms with van der Waals surface area (Å²) in [7, 11) is 0. The van der Waals surface area contributed by atoms with Crippen molar-refractivity contribution >= 4 is 23.2 Å². The lowest BCUT2D eigenvalue weighted by Gasteiger charge is -2.01. The number of rotatable bonds is 3. The van der Waals surface area contributed by atoms with Gasteiger partial charge in [0.1, 0.15) is 5.82 Å². The van der Waals surface area contributed by atoms with Gasteiger partial charge in [-0.25, -0.2) is 4.79 Å². The van der Waals surface area contributed by atoms with E-state index in [9.17, 15) is 19.5 Å². The molecule has 0 saturated heterocycles. The minimum Gasteiger partial charge on any atom is -0.545 e. The highest BCUT2D eigenvalue weighted by atomic mass is 16.4. The lowest BCUT2D eigenvalue weighted by atomic mass is 10.2. The molecule has 20 heavy (non-hydrogen) atoms. The number of anilines is 1. The van der Waals surface area contributed by atoms with E-state index in [1.165, 1.54) is 24.3 Å². The summed E-state index contributed by atoms with van der Waals surface area (Å²) in [5.41, 5.74) is 3.97. The van der Waals surface area contributed by atoms with Crippen LogP contribution in [0.15, 0.2) is 44.1 Å². The number of hydrogen-bond donors (Lipinski definition) is 3. The Morgan fingerprint density at radius 1 is 1.10 bits per heavy atom. The van der Waals surface area contributed by atoms with Gasteiger partial charge in [0.25, 0.3) is 5.56 Å². The minimum atomic E-state index is -1.31. The summed E-state index contributed by atoms with van der Waals surface area (Å²) in [6.45, 7) is 0. The molecule has 0 fully saturated rings. The number of aromatic nitrogens is 2. The highest BCUT2D eigenvalue weighted by molar-refractivity contribution is 5.86. The summed E-state index contributed by atoms with van der Waals surface area (Å²) >= 11 is 0. The average molecular weight is 274 g/mol. The van der Waals surface area contributed by atoms with Crippen molar-refractivity contribution in [3.8, 4) is 0 Å². The van der Waals surface area contributed by atoms with E-state index in [2.05, 4.69) is 15.2 Å². The fraction of sp³-hybridized carbons (Fsp3) is 0. The summed E-state index contributed by atoms with van der Waals surface area (Å²) < 4.78 is 0. The molecule has 9 nitrogen and oxygen atoms in total. The molecule has 2 aromatic rings. The fourth-order valence-corrected chi connectivity index (χ4v) is 1.37. The van der Waals surface area contributed by atoms with E-state index < -0.39 is 17.2 Å². The summed E-state index contributed by atoms with van der Waals surface area (Å²) in [5, 5.41) is 17.9. The van der Waals surface area contributed by atoms with Crippen molar-refractivity contribution in [3.63, 3.8) is 0 Å². The normalized spacial score (nSPS) is 10.8. The summed E-state index contributed by atoms with van der Waals surface area (Å²) in [4.78, 5) is 37.0.